The van der Waals surface area contributed by atoms with Gasteiger partial charge >= 0.3 is 12.0 Å². The zero-order chi connectivity index (χ0) is 22.3. The Labute approximate surface area is 185 Å². The Hall–Kier alpha value is -4.07. The van der Waals surface area contributed by atoms with E-state index in [2.05, 4.69) is 5.32 Å². The highest BCUT2D eigenvalue weighted by Gasteiger charge is 2.26. The summed E-state index contributed by atoms with van der Waals surface area (Å²) in [6.45, 7) is 1.15. The van der Waals surface area contributed by atoms with E-state index in [1.165, 1.54) is 6.26 Å². The number of piperazine rings is 1. The van der Waals surface area contributed by atoms with Crippen LogP contribution in [-0.2, 0) is 9.53 Å². The van der Waals surface area contributed by atoms with Crippen molar-refractivity contribution in [2.45, 2.75) is 0 Å². The number of amides is 3. The molecule has 0 bridgehead atoms. The highest BCUT2D eigenvalue weighted by molar-refractivity contribution is 5.95. The third-order valence-corrected chi connectivity index (χ3v) is 5.21. The number of carbonyl (C=O) groups excluding carboxylic acids is 3. The summed E-state index contributed by atoms with van der Waals surface area (Å²) in [7, 11) is 0. The summed E-state index contributed by atoms with van der Waals surface area (Å²) in [4.78, 5) is 40.6. The topological polar surface area (TPSA) is 92.1 Å². The van der Waals surface area contributed by atoms with Crippen LogP contribution in [0.3, 0.4) is 0 Å². The number of hydrogen-bond acceptors (Lipinski definition) is 5. The number of furan rings is 1. The second kappa shape index (κ2) is 9.82. The average molecular weight is 433 g/mol. The first kappa shape index (κ1) is 21.2. The van der Waals surface area contributed by atoms with Gasteiger partial charge in [-0.1, -0.05) is 48.5 Å². The van der Waals surface area contributed by atoms with Crippen molar-refractivity contribution in [3.05, 3.63) is 78.8 Å². The molecule has 2 aromatic carbocycles. The molecule has 32 heavy (non-hydrogen) atoms. The third kappa shape index (κ3) is 4.97. The molecule has 1 fully saturated rings. The number of rotatable bonds is 5. The van der Waals surface area contributed by atoms with E-state index in [9.17, 15) is 14.4 Å². The van der Waals surface area contributed by atoms with Crippen LogP contribution < -0.4 is 5.32 Å². The van der Waals surface area contributed by atoms with Crippen LogP contribution in [-0.4, -0.2) is 60.5 Å². The van der Waals surface area contributed by atoms with Crippen molar-refractivity contribution >= 4 is 23.6 Å². The number of para-hydroxylation sites is 1. The molecule has 3 aromatic rings. The quantitative estimate of drug-likeness (QED) is 0.622. The maximum absolute atomic E-state index is 12.5. The van der Waals surface area contributed by atoms with E-state index in [-0.39, 0.29) is 24.3 Å². The number of esters is 1. The highest BCUT2D eigenvalue weighted by atomic mass is 16.5. The normalized spacial score (nSPS) is 13.5. The molecule has 0 unspecified atom stereocenters. The highest BCUT2D eigenvalue weighted by Crippen LogP contribution is 2.25. The maximum Gasteiger partial charge on any atom is 0.375 e. The zero-order valence-corrected chi connectivity index (χ0v) is 17.4. The van der Waals surface area contributed by atoms with Gasteiger partial charge in [-0.25, -0.2) is 9.59 Å². The molecule has 1 aromatic heterocycles. The molecule has 164 valence electrons. The van der Waals surface area contributed by atoms with Crippen molar-refractivity contribution < 1.29 is 23.5 Å². The Kier molecular flexibility index (Phi) is 6.50. The number of benzene rings is 2. The van der Waals surface area contributed by atoms with Crippen LogP contribution in [0.15, 0.2) is 77.4 Å². The molecule has 1 N–H and O–H groups in total. The summed E-state index contributed by atoms with van der Waals surface area (Å²) in [5.41, 5.74) is 2.15. The number of carbonyl (C=O) groups is 3. The van der Waals surface area contributed by atoms with Crippen molar-refractivity contribution in [3.63, 3.8) is 0 Å². The fraction of sp³-hybridized carbons (Fsp3) is 0.208. The number of hydrogen-bond donors (Lipinski definition) is 1. The van der Waals surface area contributed by atoms with Gasteiger partial charge in [-0.2, -0.15) is 0 Å². The second-order valence-corrected chi connectivity index (χ2v) is 7.27. The molecule has 4 rings (SSSR count). The predicted molar refractivity (Wildman–Crippen MR) is 118 cm³/mol. The molecule has 8 nitrogen and oxygen atoms in total. The largest absolute Gasteiger partial charge is 0.457 e. The Morgan fingerprint density at radius 2 is 1.47 bits per heavy atom. The lowest BCUT2D eigenvalue weighted by molar-refractivity contribution is -0.135. The first-order valence-corrected chi connectivity index (χ1v) is 10.3. The smallest absolute Gasteiger partial charge is 0.375 e. The predicted octanol–water partition coefficient (Wildman–Crippen LogP) is 3.48. The molecular weight excluding hydrogens is 410 g/mol. The molecule has 8 heteroatoms. The summed E-state index contributed by atoms with van der Waals surface area (Å²) >= 11 is 0. The van der Waals surface area contributed by atoms with Gasteiger partial charge in [-0.05, 0) is 23.8 Å². The summed E-state index contributed by atoms with van der Waals surface area (Å²) in [6, 6.07) is 20.0. The minimum atomic E-state index is -0.692. The van der Waals surface area contributed by atoms with Crippen LogP contribution in [0.5, 0.6) is 0 Å². The summed E-state index contributed by atoms with van der Waals surface area (Å²) in [5, 5.41) is 2.83. The molecule has 1 aliphatic heterocycles. The monoisotopic (exact) mass is 433 g/mol. The fourth-order valence-electron chi connectivity index (χ4n) is 3.48. The van der Waals surface area contributed by atoms with Crippen molar-refractivity contribution in [2.24, 2.45) is 0 Å². The van der Waals surface area contributed by atoms with Gasteiger partial charge in [-0.3, -0.25) is 4.79 Å². The third-order valence-electron chi connectivity index (χ3n) is 5.21. The molecule has 0 spiro atoms. The number of nitrogens with one attached hydrogen (secondary N) is 1. The second-order valence-electron chi connectivity index (χ2n) is 7.27. The molecule has 0 saturated carbocycles. The SMILES string of the molecule is O=C(OCC(=O)N1CCN(C(=O)Nc2ccccc2)CC1)c1occc1-c1ccccc1. The molecule has 2 heterocycles. The van der Waals surface area contributed by atoms with Crippen LogP contribution in [0.1, 0.15) is 10.6 Å². The summed E-state index contributed by atoms with van der Waals surface area (Å²) in [6.07, 6.45) is 1.42. The van der Waals surface area contributed by atoms with Crippen molar-refractivity contribution in [3.8, 4) is 11.1 Å². The van der Waals surface area contributed by atoms with Crippen LogP contribution in [0, 0.1) is 0 Å². The molecule has 3 amide bonds. The summed E-state index contributed by atoms with van der Waals surface area (Å²) < 4.78 is 10.5. The number of ether oxygens (including phenoxy) is 1. The van der Waals surface area contributed by atoms with Gasteiger partial charge in [0, 0.05) is 37.4 Å². The van der Waals surface area contributed by atoms with Crippen LogP contribution >= 0.6 is 0 Å². The molecule has 0 radical (unpaired) electrons. The number of anilines is 1. The van der Waals surface area contributed by atoms with E-state index in [4.69, 9.17) is 9.15 Å². The van der Waals surface area contributed by atoms with E-state index in [0.717, 1.165) is 11.3 Å². The lowest BCUT2D eigenvalue weighted by Crippen LogP contribution is -2.52. The van der Waals surface area contributed by atoms with E-state index >= 15 is 0 Å². The minimum Gasteiger partial charge on any atom is -0.457 e. The molecule has 0 aliphatic carbocycles. The number of urea groups is 1. The minimum absolute atomic E-state index is 0.0615. The summed E-state index contributed by atoms with van der Waals surface area (Å²) in [5.74, 6) is -0.941. The van der Waals surface area contributed by atoms with Crippen molar-refractivity contribution in [1.29, 1.82) is 0 Å². The molecule has 0 atom stereocenters. The Morgan fingerprint density at radius 1 is 0.844 bits per heavy atom. The van der Waals surface area contributed by atoms with Crippen molar-refractivity contribution in [2.75, 3.05) is 38.1 Å². The van der Waals surface area contributed by atoms with Crippen LogP contribution in [0.4, 0.5) is 10.5 Å². The van der Waals surface area contributed by atoms with Gasteiger partial charge in [0.15, 0.2) is 6.61 Å². The number of nitrogens with zero attached hydrogens (tertiary/aromatic N) is 2. The Bertz CT molecular complexity index is 1070. The van der Waals surface area contributed by atoms with E-state index in [1.54, 1.807) is 15.9 Å². The molecule has 1 saturated heterocycles. The van der Waals surface area contributed by atoms with E-state index in [1.807, 2.05) is 60.7 Å². The van der Waals surface area contributed by atoms with Gasteiger partial charge in [0.05, 0.1) is 6.26 Å². The van der Waals surface area contributed by atoms with E-state index in [0.29, 0.717) is 31.7 Å². The first-order valence-electron chi connectivity index (χ1n) is 10.3. The van der Waals surface area contributed by atoms with Gasteiger partial charge in [-0.15, -0.1) is 0 Å². The van der Waals surface area contributed by atoms with Gasteiger partial charge < -0.3 is 24.3 Å². The molecule has 1 aliphatic rings. The van der Waals surface area contributed by atoms with E-state index < -0.39 is 5.97 Å². The molecular formula is C24H23N3O5. The first-order chi connectivity index (χ1) is 15.6. The van der Waals surface area contributed by atoms with Gasteiger partial charge in [0.25, 0.3) is 5.91 Å². The average Bonchev–Trinajstić information content (AvgIpc) is 3.34. The van der Waals surface area contributed by atoms with Crippen LogP contribution in [0.2, 0.25) is 0 Å². The van der Waals surface area contributed by atoms with Crippen molar-refractivity contribution in [1.82, 2.24) is 9.80 Å². The van der Waals surface area contributed by atoms with Gasteiger partial charge in [0.2, 0.25) is 5.76 Å². The fourth-order valence-corrected chi connectivity index (χ4v) is 3.48. The standard InChI is InChI=1S/C24H23N3O5/c28-21(17-32-23(29)22-20(11-16-31-22)18-7-3-1-4-8-18)26-12-14-27(15-13-26)24(30)25-19-9-5-2-6-10-19/h1-11,16H,12-15,17H2,(H,25,30). The lowest BCUT2D eigenvalue weighted by Gasteiger charge is -2.34. The van der Waals surface area contributed by atoms with Crippen LogP contribution in [0.25, 0.3) is 11.1 Å². The van der Waals surface area contributed by atoms with Gasteiger partial charge in [0.1, 0.15) is 0 Å². The Balaban J connectivity index is 1.26. The Morgan fingerprint density at radius 3 is 2.16 bits per heavy atom. The lowest BCUT2D eigenvalue weighted by atomic mass is 10.1. The maximum atomic E-state index is 12.5. The zero-order valence-electron chi connectivity index (χ0n) is 17.4.